The van der Waals surface area contributed by atoms with Crippen molar-refractivity contribution in [3.05, 3.63) is 45.7 Å². The fourth-order valence-electron chi connectivity index (χ4n) is 1.88. The Morgan fingerprint density at radius 1 is 1.19 bits per heavy atom. The number of hydrogen-bond acceptors (Lipinski definition) is 4. The van der Waals surface area contributed by atoms with E-state index in [2.05, 4.69) is 44.7 Å². The third-order valence-electron chi connectivity index (χ3n) is 2.99. The molecule has 21 heavy (non-hydrogen) atoms. The molecular formula is C15H21N5S. The monoisotopic (exact) mass is 303 g/mol. The molecule has 0 radical (unpaired) electrons. The molecule has 0 fully saturated rings. The molecule has 0 aromatic carbocycles. The van der Waals surface area contributed by atoms with Crippen LogP contribution in [0.2, 0.25) is 0 Å². The summed E-state index contributed by atoms with van der Waals surface area (Å²) in [6.45, 7) is 5.48. The lowest BCUT2D eigenvalue weighted by Crippen LogP contribution is -2.36. The molecule has 6 heteroatoms. The van der Waals surface area contributed by atoms with Gasteiger partial charge in [-0.1, -0.05) is 6.92 Å². The van der Waals surface area contributed by atoms with Crippen molar-refractivity contribution >= 4 is 17.3 Å². The van der Waals surface area contributed by atoms with Gasteiger partial charge in [-0.3, -0.25) is 4.99 Å². The number of guanidine groups is 1. The first kappa shape index (κ1) is 15.4. The second-order valence-electron chi connectivity index (χ2n) is 4.60. The van der Waals surface area contributed by atoms with Gasteiger partial charge in [-0.25, -0.2) is 9.97 Å². The molecule has 0 aliphatic carbocycles. The van der Waals surface area contributed by atoms with Crippen LogP contribution >= 0.6 is 11.3 Å². The van der Waals surface area contributed by atoms with Crippen LogP contribution in [0, 0.1) is 6.92 Å². The number of rotatable bonds is 5. The van der Waals surface area contributed by atoms with E-state index in [9.17, 15) is 0 Å². The van der Waals surface area contributed by atoms with E-state index in [-0.39, 0.29) is 0 Å². The van der Waals surface area contributed by atoms with Gasteiger partial charge in [-0.05, 0) is 31.5 Å². The summed E-state index contributed by atoms with van der Waals surface area (Å²) in [5, 5.41) is 6.57. The lowest BCUT2D eigenvalue weighted by atomic mass is 10.3. The first-order chi connectivity index (χ1) is 10.2. The van der Waals surface area contributed by atoms with Gasteiger partial charge in [-0.15, -0.1) is 11.3 Å². The fraction of sp³-hybridized carbons (Fsp3) is 0.400. The van der Waals surface area contributed by atoms with Crippen LogP contribution in [-0.4, -0.2) is 23.0 Å². The minimum Gasteiger partial charge on any atom is -0.352 e. The summed E-state index contributed by atoms with van der Waals surface area (Å²) in [5.41, 5.74) is 0.954. The zero-order valence-corrected chi connectivity index (χ0v) is 13.5. The zero-order valence-electron chi connectivity index (χ0n) is 12.7. The molecular weight excluding hydrogens is 282 g/mol. The van der Waals surface area contributed by atoms with Gasteiger partial charge in [0.1, 0.15) is 5.82 Å². The molecule has 0 saturated carbocycles. The SMILES string of the molecule is CCc1ccc(CNC(=NC)NCc2ccnc(C)n2)s1. The Balaban J connectivity index is 1.83. The summed E-state index contributed by atoms with van der Waals surface area (Å²) in [7, 11) is 1.77. The van der Waals surface area contributed by atoms with Crippen molar-refractivity contribution in [3.63, 3.8) is 0 Å². The number of aliphatic imine (C=N–C) groups is 1. The normalized spacial score (nSPS) is 11.5. The Morgan fingerprint density at radius 2 is 1.95 bits per heavy atom. The van der Waals surface area contributed by atoms with Gasteiger partial charge in [0, 0.05) is 23.0 Å². The molecule has 0 atom stereocenters. The lowest BCUT2D eigenvalue weighted by molar-refractivity contribution is 0.790. The molecule has 0 spiro atoms. The number of aromatic nitrogens is 2. The third kappa shape index (κ3) is 4.82. The highest BCUT2D eigenvalue weighted by Crippen LogP contribution is 2.16. The van der Waals surface area contributed by atoms with E-state index in [1.165, 1.54) is 9.75 Å². The maximum Gasteiger partial charge on any atom is 0.191 e. The van der Waals surface area contributed by atoms with Crippen molar-refractivity contribution in [1.29, 1.82) is 0 Å². The van der Waals surface area contributed by atoms with Crippen LogP contribution in [0.3, 0.4) is 0 Å². The molecule has 0 bridgehead atoms. The molecule has 2 N–H and O–H groups in total. The van der Waals surface area contributed by atoms with Crippen LogP contribution in [0.25, 0.3) is 0 Å². The summed E-state index contributed by atoms with van der Waals surface area (Å²) in [6.07, 6.45) is 2.86. The summed E-state index contributed by atoms with van der Waals surface area (Å²) >= 11 is 1.84. The molecule has 2 aromatic heterocycles. The van der Waals surface area contributed by atoms with Crippen LogP contribution < -0.4 is 10.6 Å². The van der Waals surface area contributed by atoms with Gasteiger partial charge in [0.15, 0.2) is 5.96 Å². The molecule has 2 rings (SSSR count). The maximum absolute atomic E-state index is 4.36. The van der Waals surface area contributed by atoms with Crippen molar-refractivity contribution in [3.8, 4) is 0 Å². The quantitative estimate of drug-likeness (QED) is 0.657. The average molecular weight is 303 g/mol. The van der Waals surface area contributed by atoms with Crippen molar-refractivity contribution in [2.45, 2.75) is 33.4 Å². The highest BCUT2D eigenvalue weighted by atomic mass is 32.1. The lowest BCUT2D eigenvalue weighted by Gasteiger charge is -2.11. The number of hydrogen-bond donors (Lipinski definition) is 2. The van der Waals surface area contributed by atoms with Gasteiger partial charge >= 0.3 is 0 Å². The predicted molar refractivity (Wildman–Crippen MR) is 87.5 cm³/mol. The van der Waals surface area contributed by atoms with Gasteiger partial charge in [0.25, 0.3) is 0 Å². The highest BCUT2D eigenvalue weighted by Gasteiger charge is 2.02. The van der Waals surface area contributed by atoms with Crippen LogP contribution in [0.1, 0.15) is 28.2 Å². The van der Waals surface area contributed by atoms with Crippen molar-refractivity contribution in [1.82, 2.24) is 20.6 Å². The smallest absolute Gasteiger partial charge is 0.191 e. The number of thiophene rings is 1. The first-order valence-electron chi connectivity index (χ1n) is 7.02. The summed E-state index contributed by atoms with van der Waals surface area (Å²) in [5.74, 6) is 1.56. The molecule has 0 aliphatic heterocycles. The van der Waals surface area contributed by atoms with Gasteiger partial charge < -0.3 is 10.6 Å². The van der Waals surface area contributed by atoms with Crippen LogP contribution in [0.4, 0.5) is 0 Å². The van der Waals surface area contributed by atoms with E-state index in [0.717, 1.165) is 30.4 Å². The van der Waals surface area contributed by atoms with Crippen LogP contribution in [0.15, 0.2) is 29.4 Å². The zero-order chi connectivity index (χ0) is 15.1. The Bertz CT molecular complexity index is 606. The number of nitrogens with one attached hydrogen (secondary N) is 2. The Kier molecular flexibility index (Phi) is 5.68. The predicted octanol–water partition coefficient (Wildman–Crippen LogP) is 2.27. The average Bonchev–Trinajstić information content (AvgIpc) is 2.95. The Morgan fingerprint density at radius 3 is 2.62 bits per heavy atom. The molecule has 2 heterocycles. The van der Waals surface area contributed by atoms with Crippen LogP contribution in [0.5, 0.6) is 0 Å². The van der Waals surface area contributed by atoms with E-state index >= 15 is 0 Å². The number of aryl methyl sites for hydroxylation is 2. The first-order valence-corrected chi connectivity index (χ1v) is 7.83. The van der Waals surface area contributed by atoms with Crippen LogP contribution in [-0.2, 0) is 19.5 Å². The second kappa shape index (κ2) is 7.73. The van der Waals surface area contributed by atoms with Crippen molar-refractivity contribution in [2.24, 2.45) is 4.99 Å². The van der Waals surface area contributed by atoms with E-state index in [0.29, 0.717) is 6.54 Å². The molecule has 0 amide bonds. The Hall–Kier alpha value is -1.95. The van der Waals surface area contributed by atoms with Gasteiger partial charge in [0.05, 0.1) is 18.8 Å². The summed E-state index contributed by atoms with van der Waals surface area (Å²) in [4.78, 5) is 15.4. The largest absolute Gasteiger partial charge is 0.352 e. The van der Waals surface area contributed by atoms with E-state index < -0.39 is 0 Å². The van der Waals surface area contributed by atoms with E-state index in [1.54, 1.807) is 13.2 Å². The topological polar surface area (TPSA) is 62.2 Å². The van der Waals surface area contributed by atoms with Gasteiger partial charge in [0.2, 0.25) is 0 Å². The summed E-state index contributed by atoms with van der Waals surface area (Å²) in [6, 6.07) is 6.25. The molecule has 0 aliphatic rings. The third-order valence-corrected chi connectivity index (χ3v) is 4.22. The fourth-order valence-corrected chi connectivity index (χ4v) is 2.77. The minimum absolute atomic E-state index is 0.633. The Labute approximate surface area is 129 Å². The standard InChI is InChI=1S/C15H21N5S/c1-4-13-5-6-14(21-13)10-19-15(16-3)18-9-12-7-8-17-11(2)20-12/h5-8H,4,9-10H2,1-3H3,(H2,16,18,19). The summed E-state index contributed by atoms with van der Waals surface area (Å²) < 4.78 is 0. The van der Waals surface area contributed by atoms with E-state index in [4.69, 9.17) is 0 Å². The van der Waals surface area contributed by atoms with Crippen molar-refractivity contribution < 1.29 is 0 Å². The molecule has 5 nitrogen and oxygen atoms in total. The maximum atomic E-state index is 4.36. The van der Waals surface area contributed by atoms with E-state index in [1.807, 2.05) is 24.3 Å². The minimum atomic E-state index is 0.633. The van der Waals surface area contributed by atoms with Gasteiger partial charge in [-0.2, -0.15) is 0 Å². The molecule has 2 aromatic rings. The molecule has 0 saturated heterocycles. The molecule has 0 unspecified atom stereocenters. The molecule has 112 valence electrons. The number of nitrogens with zero attached hydrogens (tertiary/aromatic N) is 3. The second-order valence-corrected chi connectivity index (χ2v) is 5.85. The highest BCUT2D eigenvalue weighted by molar-refractivity contribution is 7.11. The van der Waals surface area contributed by atoms with Crippen molar-refractivity contribution in [2.75, 3.05) is 7.05 Å².